The smallest absolute Gasteiger partial charge is 0.195 e. The molecule has 18 heavy (non-hydrogen) atoms. The fourth-order valence-electron chi connectivity index (χ4n) is 1.84. The first-order valence-electron chi connectivity index (χ1n) is 7.16. The van der Waals surface area contributed by atoms with Gasteiger partial charge in [-0.1, -0.05) is 87.2 Å². The van der Waals surface area contributed by atoms with E-state index in [1.807, 2.05) is 0 Å². The molecule has 0 aromatic carbocycles. The quantitative estimate of drug-likeness (QED) is 0.328. The van der Waals surface area contributed by atoms with Gasteiger partial charge in [-0.25, -0.2) is 0 Å². The molecule has 0 aromatic heterocycles. The second-order valence-corrected chi connectivity index (χ2v) is 7.24. The van der Waals surface area contributed by atoms with Crippen molar-refractivity contribution in [2.75, 3.05) is 13.2 Å². The van der Waals surface area contributed by atoms with Crippen molar-refractivity contribution in [2.45, 2.75) is 69.0 Å². The average Bonchev–Trinajstić information content (AvgIpc) is 2.30. The molecule has 0 aliphatic heterocycles. The van der Waals surface area contributed by atoms with Crippen LogP contribution in [-0.4, -0.2) is 17.0 Å². The van der Waals surface area contributed by atoms with Gasteiger partial charge in [0.15, 0.2) is 3.79 Å². The van der Waals surface area contributed by atoms with E-state index in [4.69, 9.17) is 39.5 Å². The maximum Gasteiger partial charge on any atom is 0.195 e. The summed E-state index contributed by atoms with van der Waals surface area (Å²) < 4.78 is 4.45. The fourth-order valence-corrected chi connectivity index (χ4v) is 2.36. The number of halogens is 3. The van der Waals surface area contributed by atoms with Gasteiger partial charge in [-0.2, -0.15) is 0 Å². The lowest BCUT2D eigenvalue weighted by Gasteiger charge is -2.24. The van der Waals surface area contributed by atoms with Crippen LogP contribution < -0.4 is 0 Å². The van der Waals surface area contributed by atoms with Gasteiger partial charge in [0.05, 0.1) is 6.61 Å². The largest absolute Gasteiger partial charge is 0.381 e. The highest BCUT2D eigenvalue weighted by Gasteiger charge is 2.31. The average molecular weight is 318 g/mol. The van der Waals surface area contributed by atoms with Crippen molar-refractivity contribution < 1.29 is 4.74 Å². The molecule has 0 saturated carbocycles. The maximum atomic E-state index is 5.99. The SMILES string of the molecule is CCCCCCOCC(CCCCC)C(Cl)(Cl)Cl. The molecule has 0 N–H and O–H groups in total. The Hall–Kier alpha value is 0.830. The van der Waals surface area contributed by atoms with E-state index in [2.05, 4.69) is 13.8 Å². The minimum atomic E-state index is -1.20. The summed E-state index contributed by atoms with van der Waals surface area (Å²) in [5, 5.41) is 0. The van der Waals surface area contributed by atoms with Crippen LogP contribution in [0.3, 0.4) is 0 Å². The van der Waals surface area contributed by atoms with Gasteiger partial charge in [0.2, 0.25) is 0 Å². The van der Waals surface area contributed by atoms with Crippen molar-refractivity contribution >= 4 is 34.8 Å². The molecular formula is C14H27Cl3O. The van der Waals surface area contributed by atoms with E-state index in [0.717, 1.165) is 25.9 Å². The van der Waals surface area contributed by atoms with Crippen molar-refractivity contribution in [1.82, 2.24) is 0 Å². The Balaban J connectivity index is 3.73. The van der Waals surface area contributed by atoms with E-state index in [-0.39, 0.29) is 5.92 Å². The molecule has 0 bridgehead atoms. The van der Waals surface area contributed by atoms with Crippen molar-refractivity contribution in [3.63, 3.8) is 0 Å². The van der Waals surface area contributed by atoms with Crippen molar-refractivity contribution in [3.05, 3.63) is 0 Å². The van der Waals surface area contributed by atoms with E-state index < -0.39 is 3.79 Å². The predicted octanol–water partition coefficient (Wildman–Crippen LogP) is 6.15. The molecule has 1 unspecified atom stereocenters. The maximum absolute atomic E-state index is 5.99. The molecule has 0 fully saturated rings. The standard InChI is InChI=1S/C14H27Cl3O/c1-3-5-7-9-11-18-12-13(14(15,16)17)10-8-6-4-2/h13H,3-12H2,1-2H3. The lowest BCUT2D eigenvalue weighted by atomic mass is 10.0. The molecule has 4 heteroatoms. The fraction of sp³-hybridized carbons (Fsp3) is 1.00. The van der Waals surface area contributed by atoms with E-state index in [0.29, 0.717) is 6.61 Å². The van der Waals surface area contributed by atoms with Gasteiger partial charge in [-0.15, -0.1) is 0 Å². The summed E-state index contributed by atoms with van der Waals surface area (Å²) >= 11 is 18.0. The second-order valence-electron chi connectivity index (χ2n) is 4.87. The third-order valence-electron chi connectivity index (χ3n) is 3.08. The Labute approximate surface area is 128 Å². The lowest BCUT2D eigenvalue weighted by molar-refractivity contribution is 0.0932. The van der Waals surface area contributed by atoms with Gasteiger partial charge >= 0.3 is 0 Å². The van der Waals surface area contributed by atoms with Crippen LogP contribution in [0.15, 0.2) is 0 Å². The van der Waals surface area contributed by atoms with Crippen LogP contribution in [0.5, 0.6) is 0 Å². The zero-order valence-corrected chi connectivity index (χ0v) is 14.0. The number of ether oxygens (including phenoxy) is 1. The normalized spacial score (nSPS) is 13.8. The number of hydrogen-bond donors (Lipinski definition) is 0. The zero-order valence-electron chi connectivity index (χ0n) is 11.7. The first-order chi connectivity index (χ1) is 8.52. The highest BCUT2D eigenvalue weighted by Crippen LogP contribution is 2.38. The molecular weight excluding hydrogens is 291 g/mol. The van der Waals surface area contributed by atoms with Crippen LogP contribution in [0.4, 0.5) is 0 Å². The summed E-state index contributed by atoms with van der Waals surface area (Å²) in [5.41, 5.74) is 0. The summed E-state index contributed by atoms with van der Waals surface area (Å²) in [7, 11) is 0. The number of rotatable bonds is 11. The van der Waals surface area contributed by atoms with Crippen molar-refractivity contribution in [2.24, 2.45) is 5.92 Å². The van der Waals surface area contributed by atoms with Crippen LogP contribution in [-0.2, 0) is 4.74 Å². The zero-order chi connectivity index (χ0) is 13.9. The number of unbranched alkanes of at least 4 members (excludes halogenated alkanes) is 5. The minimum absolute atomic E-state index is 0.0141. The Morgan fingerprint density at radius 1 is 0.889 bits per heavy atom. The summed E-state index contributed by atoms with van der Waals surface area (Å²) in [6, 6.07) is 0. The van der Waals surface area contributed by atoms with E-state index in [1.165, 1.54) is 32.1 Å². The first-order valence-corrected chi connectivity index (χ1v) is 8.30. The predicted molar refractivity (Wildman–Crippen MR) is 82.9 cm³/mol. The van der Waals surface area contributed by atoms with Crippen LogP contribution in [0.2, 0.25) is 0 Å². The molecule has 0 aliphatic carbocycles. The summed E-state index contributed by atoms with van der Waals surface area (Å²) in [6.07, 6.45) is 9.26. The topological polar surface area (TPSA) is 9.23 Å². The highest BCUT2D eigenvalue weighted by molar-refractivity contribution is 6.67. The molecule has 0 heterocycles. The molecule has 110 valence electrons. The van der Waals surface area contributed by atoms with Crippen LogP contribution >= 0.6 is 34.8 Å². The Kier molecular flexibility index (Phi) is 12.2. The van der Waals surface area contributed by atoms with E-state index >= 15 is 0 Å². The highest BCUT2D eigenvalue weighted by atomic mass is 35.6. The van der Waals surface area contributed by atoms with Gasteiger partial charge in [0.1, 0.15) is 0 Å². The lowest BCUT2D eigenvalue weighted by Crippen LogP contribution is -2.24. The van der Waals surface area contributed by atoms with E-state index in [9.17, 15) is 0 Å². The molecule has 0 amide bonds. The molecule has 1 nitrogen and oxygen atoms in total. The van der Waals surface area contributed by atoms with Gasteiger partial charge in [-0.3, -0.25) is 0 Å². The van der Waals surface area contributed by atoms with Crippen LogP contribution in [0, 0.1) is 5.92 Å². The van der Waals surface area contributed by atoms with Crippen molar-refractivity contribution in [1.29, 1.82) is 0 Å². The molecule has 0 aromatic rings. The van der Waals surface area contributed by atoms with Crippen molar-refractivity contribution in [3.8, 4) is 0 Å². The number of hydrogen-bond acceptors (Lipinski definition) is 1. The minimum Gasteiger partial charge on any atom is -0.381 e. The second kappa shape index (κ2) is 11.6. The molecule has 0 spiro atoms. The Bertz CT molecular complexity index is 180. The van der Waals surface area contributed by atoms with Crippen LogP contribution in [0.25, 0.3) is 0 Å². The summed E-state index contributed by atoms with van der Waals surface area (Å²) in [5.74, 6) is 0.0141. The summed E-state index contributed by atoms with van der Waals surface area (Å²) in [6.45, 7) is 5.72. The third-order valence-corrected chi connectivity index (χ3v) is 4.01. The number of alkyl halides is 3. The Morgan fingerprint density at radius 2 is 1.50 bits per heavy atom. The third kappa shape index (κ3) is 10.7. The van der Waals surface area contributed by atoms with Gasteiger partial charge in [0.25, 0.3) is 0 Å². The van der Waals surface area contributed by atoms with Crippen LogP contribution in [0.1, 0.15) is 65.2 Å². The first kappa shape index (κ1) is 18.8. The molecule has 0 rings (SSSR count). The Morgan fingerprint density at radius 3 is 2.06 bits per heavy atom. The van der Waals surface area contributed by atoms with Gasteiger partial charge in [0, 0.05) is 12.5 Å². The van der Waals surface area contributed by atoms with E-state index in [1.54, 1.807) is 0 Å². The molecule has 0 radical (unpaired) electrons. The molecule has 0 saturated heterocycles. The van der Waals surface area contributed by atoms with Gasteiger partial charge < -0.3 is 4.74 Å². The molecule has 0 aliphatic rings. The van der Waals surface area contributed by atoms with Gasteiger partial charge in [-0.05, 0) is 12.8 Å². The summed E-state index contributed by atoms with van der Waals surface area (Å²) in [4.78, 5) is 0. The molecule has 1 atom stereocenters. The monoisotopic (exact) mass is 316 g/mol.